The molecule has 0 unspecified atom stereocenters. The average Bonchev–Trinajstić information content (AvgIpc) is 3.70. The van der Waals surface area contributed by atoms with Crippen LogP contribution in [0.4, 0.5) is 10.1 Å². The first kappa shape index (κ1) is 27.1. The Bertz CT molecular complexity index is 1490. The molecule has 0 spiro atoms. The maximum absolute atomic E-state index is 15.4. The zero-order valence-corrected chi connectivity index (χ0v) is 23.1. The number of rotatable bonds is 8. The molecule has 2 N–H and O–H groups in total. The zero-order valence-electron chi connectivity index (χ0n) is 23.1. The van der Waals surface area contributed by atoms with Crippen LogP contribution in [0.25, 0.3) is 0 Å². The second-order valence-corrected chi connectivity index (χ2v) is 10.7. The molecule has 9 heteroatoms. The van der Waals surface area contributed by atoms with Crippen molar-refractivity contribution < 1.29 is 33.3 Å². The van der Waals surface area contributed by atoms with E-state index < -0.39 is 29.7 Å². The van der Waals surface area contributed by atoms with Crippen molar-refractivity contribution in [3.8, 4) is 17.2 Å². The monoisotopic (exact) mass is 560 g/mol. The summed E-state index contributed by atoms with van der Waals surface area (Å²) in [6.07, 6.45) is 2.25. The SMILES string of the molecule is CCc1cccc(CC)c1NC(=O)CN1C[C@H](c2cc3c(cc2F)OCO3)[C@@H](C(=O)O)[C@@H]1c1ccc2c(c1)CCO2. The van der Waals surface area contributed by atoms with Gasteiger partial charge in [0.1, 0.15) is 11.6 Å². The average molecular weight is 561 g/mol. The lowest BCUT2D eigenvalue weighted by Gasteiger charge is -2.27. The highest BCUT2D eigenvalue weighted by atomic mass is 19.1. The van der Waals surface area contributed by atoms with Gasteiger partial charge in [0, 0.05) is 36.7 Å². The van der Waals surface area contributed by atoms with Gasteiger partial charge in [-0.1, -0.05) is 44.2 Å². The van der Waals surface area contributed by atoms with Crippen molar-refractivity contribution in [1.82, 2.24) is 4.90 Å². The second kappa shape index (κ2) is 11.0. The van der Waals surface area contributed by atoms with Gasteiger partial charge in [-0.15, -0.1) is 0 Å². The molecule has 0 aromatic heterocycles. The highest BCUT2D eigenvalue weighted by Gasteiger charge is 2.49. The summed E-state index contributed by atoms with van der Waals surface area (Å²) in [5.74, 6) is -2.12. The van der Waals surface area contributed by atoms with Crippen molar-refractivity contribution >= 4 is 17.6 Å². The quantitative estimate of drug-likeness (QED) is 0.396. The number of fused-ring (bicyclic) bond motifs is 2. The summed E-state index contributed by atoms with van der Waals surface area (Å²) in [6, 6.07) is 13.8. The van der Waals surface area contributed by atoms with E-state index in [9.17, 15) is 14.7 Å². The number of hydrogen-bond donors (Lipinski definition) is 2. The number of carbonyl (C=O) groups is 2. The molecule has 41 heavy (non-hydrogen) atoms. The Hall–Kier alpha value is -4.11. The zero-order chi connectivity index (χ0) is 28.7. The van der Waals surface area contributed by atoms with E-state index in [1.165, 1.54) is 6.07 Å². The molecule has 8 nitrogen and oxygen atoms in total. The number of nitrogens with one attached hydrogen (secondary N) is 1. The summed E-state index contributed by atoms with van der Waals surface area (Å²) in [5, 5.41) is 13.7. The Balaban J connectivity index is 1.37. The van der Waals surface area contributed by atoms with E-state index in [0.717, 1.165) is 53.0 Å². The van der Waals surface area contributed by atoms with Crippen LogP contribution in [-0.4, -0.2) is 48.4 Å². The van der Waals surface area contributed by atoms with E-state index in [2.05, 4.69) is 5.32 Å². The molecule has 6 rings (SSSR count). The lowest BCUT2D eigenvalue weighted by Crippen LogP contribution is -2.35. The molecule has 0 bridgehead atoms. The first-order chi connectivity index (χ1) is 19.9. The standard InChI is InChI=1S/C32H33FN2O6/c1-3-18-6-5-7-19(4-2)30(18)34-28(36)16-35-15-23(22-13-26-27(14-24(22)33)41-17-40-26)29(32(37)38)31(35)21-8-9-25-20(12-21)10-11-39-25/h5-9,12-14,23,29,31H,3-4,10-11,15-17H2,1-2H3,(H,34,36)(H,37,38)/t23-,29-,31+/m1/s1. The van der Waals surface area contributed by atoms with Crippen LogP contribution < -0.4 is 19.5 Å². The third-order valence-electron chi connectivity index (χ3n) is 8.44. The molecule has 214 valence electrons. The number of ether oxygens (including phenoxy) is 3. The van der Waals surface area contributed by atoms with Gasteiger partial charge in [-0.2, -0.15) is 0 Å². The molecule has 3 aliphatic rings. The minimum absolute atomic E-state index is 0.0175. The molecular weight excluding hydrogens is 527 g/mol. The fourth-order valence-corrected chi connectivity index (χ4v) is 6.48. The van der Waals surface area contributed by atoms with Crippen LogP contribution in [0.3, 0.4) is 0 Å². The van der Waals surface area contributed by atoms with Crippen LogP contribution in [0, 0.1) is 11.7 Å². The molecule has 1 fully saturated rings. The van der Waals surface area contributed by atoms with Gasteiger partial charge in [-0.25, -0.2) is 4.39 Å². The number of para-hydroxylation sites is 1. The lowest BCUT2D eigenvalue weighted by atomic mass is 9.82. The molecule has 1 saturated heterocycles. The van der Waals surface area contributed by atoms with E-state index in [4.69, 9.17) is 14.2 Å². The minimum atomic E-state index is -1.05. The number of aliphatic carboxylic acids is 1. The van der Waals surface area contributed by atoms with Crippen LogP contribution in [0.2, 0.25) is 0 Å². The number of carboxylic acid groups (broad SMARTS) is 1. The Morgan fingerprint density at radius 1 is 1.00 bits per heavy atom. The fraction of sp³-hybridized carbons (Fsp3) is 0.375. The molecule has 0 aliphatic carbocycles. The van der Waals surface area contributed by atoms with Gasteiger partial charge in [0.25, 0.3) is 0 Å². The topological polar surface area (TPSA) is 97.3 Å². The van der Waals surface area contributed by atoms with Crippen molar-refractivity contribution in [2.75, 3.05) is 31.8 Å². The summed E-state index contributed by atoms with van der Waals surface area (Å²) >= 11 is 0. The normalized spacial score (nSPS) is 21.0. The fourth-order valence-electron chi connectivity index (χ4n) is 6.48. The number of amides is 1. The third-order valence-corrected chi connectivity index (χ3v) is 8.44. The predicted octanol–water partition coefficient (Wildman–Crippen LogP) is 5.09. The van der Waals surface area contributed by atoms with Crippen LogP contribution in [0.5, 0.6) is 17.2 Å². The highest BCUT2D eigenvalue weighted by molar-refractivity contribution is 5.94. The van der Waals surface area contributed by atoms with Gasteiger partial charge >= 0.3 is 5.97 Å². The van der Waals surface area contributed by atoms with E-state index in [0.29, 0.717) is 18.1 Å². The Morgan fingerprint density at radius 3 is 2.44 bits per heavy atom. The van der Waals surface area contributed by atoms with Crippen molar-refractivity contribution in [2.24, 2.45) is 5.92 Å². The van der Waals surface area contributed by atoms with Gasteiger partial charge in [0.05, 0.1) is 19.1 Å². The number of nitrogens with zero attached hydrogens (tertiary/aromatic N) is 1. The van der Waals surface area contributed by atoms with Crippen molar-refractivity contribution in [1.29, 1.82) is 0 Å². The van der Waals surface area contributed by atoms with Crippen LogP contribution in [0.1, 0.15) is 53.6 Å². The van der Waals surface area contributed by atoms with Crippen LogP contribution in [0.15, 0.2) is 48.5 Å². The highest BCUT2D eigenvalue weighted by Crippen LogP contribution is 2.49. The molecule has 3 aromatic rings. The van der Waals surface area contributed by atoms with E-state index in [-0.39, 0.29) is 31.4 Å². The number of likely N-dealkylation sites (tertiary alicyclic amines) is 1. The summed E-state index contributed by atoms with van der Waals surface area (Å²) in [6.45, 7) is 4.76. The molecule has 0 saturated carbocycles. The number of anilines is 1. The van der Waals surface area contributed by atoms with Gasteiger partial charge in [0.2, 0.25) is 12.7 Å². The molecule has 3 aromatic carbocycles. The minimum Gasteiger partial charge on any atom is -0.493 e. The van der Waals surface area contributed by atoms with Crippen LogP contribution in [-0.2, 0) is 28.9 Å². The van der Waals surface area contributed by atoms with Gasteiger partial charge in [-0.05, 0) is 52.8 Å². The van der Waals surface area contributed by atoms with Crippen molar-refractivity contribution in [2.45, 2.75) is 45.1 Å². The van der Waals surface area contributed by atoms with Gasteiger partial charge in [-0.3, -0.25) is 14.5 Å². The van der Waals surface area contributed by atoms with Gasteiger partial charge in [0.15, 0.2) is 11.5 Å². The smallest absolute Gasteiger partial charge is 0.309 e. The third kappa shape index (κ3) is 4.99. The lowest BCUT2D eigenvalue weighted by molar-refractivity contribution is -0.143. The Labute approximate surface area is 238 Å². The summed E-state index contributed by atoms with van der Waals surface area (Å²) in [5.41, 5.74) is 4.89. The largest absolute Gasteiger partial charge is 0.493 e. The maximum atomic E-state index is 15.4. The predicted molar refractivity (Wildman–Crippen MR) is 150 cm³/mol. The molecular formula is C32H33FN2O6. The van der Waals surface area contributed by atoms with E-state index >= 15 is 4.39 Å². The first-order valence-electron chi connectivity index (χ1n) is 14.1. The summed E-state index contributed by atoms with van der Waals surface area (Å²) < 4.78 is 31.9. The van der Waals surface area contributed by atoms with Crippen LogP contribution >= 0.6 is 0 Å². The number of benzene rings is 3. The molecule has 3 heterocycles. The van der Waals surface area contributed by atoms with Crippen molar-refractivity contribution in [3.63, 3.8) is 0 Å². The van der Waals surface area contributed by atoms with E-state index in [1.54, 1.807) is 6.07 Å². The number of aryl methyl sites for hydroxylation is 2. The summed E-state index contributed by atoms with van der Waals surface area (Å²) in [4.78, 5) is 28.3. The molecule has 0 radical (unpaired) electrons. The number of carboxylic acids is 1. The molecule has 3 aliphatic heterocycles. The second-order valence-electron chi connectivity index (χ2n) is 10.7. The first-order valence-corrected chi connectivity index (χ1v) is 14.1. The Morgan fingerprint density at radius 2 is 1.73 bits per heavy atom. The summed E-state index contributed by atoms with van der Waals surface area (Å²) in [7, 11) is 0. The number of hydrogen-bond acceptors (Lipinski definition) is 6. The van der Waals surface area contributed by atoms with Gasteiger partial charge < -0.3 is 24.6 Å². The maximum Gasteiger partial charge on any atom is 0.309 e. The Kier molecular flexibility index (Phi) is 7.30. The molecule has 3 atom stereocenters. The van der Waals surface area contributed by atoms with E-state index in [1.807, 2.05) is 55.1 Å². The van der Waals surface area contributed by atoms with Crippen molar-refractivity contribution in [3.05, 3.63) is 82.2 Å². The molecule has 1 amide bonds. The number of carbonyl (C=O) groups excluding carboxylic acids is 1. The number of halogens is 1.